The van der Waals surface area contributed by atoms with E-state index < -0.39 is 10.9 Å². The molecule has 17 heavy (non-hydrogen) atoms. The molecule has 1 aliphatic carbocycles. The summed E-state index contributed by atoms with van der Waals surface area (Å²) in [4.78, 5) is 20.8. The molecule has 0 aliphatic heterocycles. The number of nitrogens with one attached hydrogen (secondary N) is 1. The Balaban J connectivity index is 2.20. The Hall–Kier alpha value is -2.11. The van der Waals surface area contributed by atoms with Crippen LogP contribution in [0.2, 0.25) is 0 Å². The van der Waals surface area contributed by atoms with Gasteiger partial charge in [0.15, 0.2) is 0 Å². The second kappa shape index (κ2) is 4.40. The van der Waals surface area contributed by atoms with Crippen LogP contribution in [0.4, 0.5) is 11.4 Å². The highest BCUT2D eigenvalue weighted by atomic mass is 16.6. The minimum atomic E-state index is -1.29. The molecule has 6 heteroatoms. The maximum Gasteiger partial charge on any atom is 0.342 e. The number of nitrogens with zero attached hydrogens (tertiary/aromatic N) is 1. The van der Waals surface area contributed by atoms with Crippen molar-refractivity contribution in [3.05, 3.63) is 33.9 Å². The van der Waals surface area contributed by atoms with Crippen molar-refractivity contribution in [1.29, 1.82) is 0 Å². The number of benzene rings is 1. The summed E-state index contributed by atoms with van der Waals surface area (Å²) in [5, 5.41) is 22.6. The van der Waals surface area contributed by atoms with Gasteiger partial charge >= 0.3 is 5.97 Å². The lowest BCUT2D eigenvalue weighted by Gasteiger charge is -2.06. The first kappa shape index (κ1) is 11.4. The molecule has 0 unspecified atom stereocenters. The predicted octanol–water partition coefficient (Wildman–Crippen LogP) is 2.11. The number of hydrogen-bond donors (Lipinski definition) is 2. The van der Waals surface area contributed by atoms with Gasteiger partial charge in [-0.25, -0.2) is 4.79 Å². The van der Waals surface area contributed by atoms with Crippen LogP contribution in [0.3, 0.4) is 0 Å². The van der Waals surface area contributed by atoms with E-state index in [2.05, 4.69) is 5.32 Å². The van der Waals surface area contributed by atoms with Gasteiger partial charge < -0.3 is 10.4 Å². The molecular formula is C11H12N2O4. The standard InChI is InChI=1S/C11H12N2O4/c14-11(15)9-5-8(12-6-7-1-2-7)3-4-10(9)13(16)17/h3-5,7,12H,1-2,6H2,(H,14,15). The van der Waals surface area contributed by atoms with Crippen LogP contribution >= 0.6 is 0 Å². The first-order chi connectivity index (χ1) is 8.08. The number of anilines is 1. The Morgan fingerprint density at radius 2 is 2.24 bits per heavy atom. The molecule has 0 aromatic heterocycles. The monoisotopic (exact) mass is 236 g/mol. The van der Waals surface area contributed by atoms with E-state index in [1.54, 1.807) is 0 Å². The number of carbonyl (C=O) groups is 1. The van der Waals surface area contributed by atoms with Crippen LogP contribution in [0.5, 0.6) is 0 Å². The van der Waals surface area contributed by atoms with Crippen LogP contribution in [0, 0.1) is 16.0 Å². The van der Waals surface area contributed by atoms with Crippen molar-refractivity contribution in [1.82, 2.24) is 0 Å². The van der Waals surface area contributed by atoms with Gasteiger partial charge in [-0.3, -0.25) is 10.1 Å². The number of carboxylic acids is 1. The topological polar surface area (TPSA) is 92.5 Å². The van der Waals surface area contributed by atoms with Gasteiger partial charge in [0.25, 0.3) is 5.69 Å². The maximum absolute atomic E-state index is 10.9. The first-order valence-corrected chi connectivity index (χ1v) is 5.33. The zero-order valence-electron chi connectivity index (χ0n) is 9.05. The Kier molecular flexibility index (Phi) is 2.95. The van der Waals surface area contributed by atoms with E-state index in [4.69, 9.17) is 5.11 Å². The van der Waals surface area contributed by atoms with Crippen molar-refractivity contribution < 1.29 is 14.8 Å². The SMILES string of the molecule is O=C(O)c1cc(NCC2CC2)ccc1[N+](=O)[O-]. The highest BCUT2D eigenvalue weighted by Crippen LogP contribution is 2.29. The summed E-state index contributed by atoms with van der Waals surface area (Å²) in [7, 11) is 0. The average Bonchev–Trinajstić information content (AvgIpc) is 3.09. The number of rotatable bonds is 5. The van der Waals surface area contributed by atoms with Gasteiger partial charge in [0.05, 0.1) is 4.92 Å². The minimum absolute atomic E-state index is 0.282. The summed E-state index contributed by atoms with van der Waals surface area (Å²) in [5.74, 6) is -0.634. The fraction of sp³-hybridized carbons (Fsp3) is 0.364. The van der Waals surface area contributed by atoms with Crippen molar-refractivity contribution in [3.8, 4) is 0 Å². The number of nitro groups is 1. The van der Waals surface area contributed by atoms with Crippen LogP contribution in [0.15, 0.2) is 18.2 Å². The molecule has 1 aromatic carbocycles. The fourth-order valence-electron chi connectivity index (χ4n) is 1.56. The second-order valence-electron chi connectivity index (χ2n) is 4.12. The molecule has 1 saturated carbocycles. The zero-order valence-corrected chi connectivity index (χ0v) is 9.05. The van der Waals surface area contributed by atoms with Gasteiger partial charge in [-0.2, -0.15) is 0 Å². The van der Waals surface area contributed by atoms with E-state index in [1.165, 1.54) is 31.0 Å². The molecule has 1 aliphatic rings. The summed E-state index contributed by atoms with van der Waals surface area (Å²) < 4.78 is 0. The number of nitro benzene ring substituents is 1. The number of aromatic carboxylic acids is 1. The molecule has 0 heterocycles. The van der Waals surface area contributed by atoms with E-state index in [-0.39, 0.29) is 11.3 Å². The normalized spacial score (nSPS) is 14.4. The average molecular weight is 236 g/mol. The third-order valence-corrected chi connectivity index (χ3v) is 2.72. The Morgan fingerprint density at radius 3 is 2.76 bits per heavy atom. The lowest BCUT2D eigenvalue weighted by Crippen LogP contribution is -2.07. The third kappa shape index (κ3) is 2.72. The lowest BCUT2D eigenvalue weighted by molar-refractivity contribution is -0.385. The Bertz CT molecular complexity index is 469. The molecule has 0 spiro atoms. The lowest BCUT2D eigenvalue weighted by atomic mass is 10.1. The molecule has 0 saturated heterocycles. The van der Waals surface area contributed by atoms with Crippen LogP contribution in [-0.4, -0.2) is 22.5 Å². The molecule has 0 radical (unpaired) electrons. The van der Waals surface area contributed by atoms with Crippen molar-refractivity contribution in [2.24, 2.45) is 5.92 Å². The van der Waals surface area contributed by atoms with E-state index in [0.717, 1.165) is 6.54 Å². The van der Waals surface area contributed by atoms with Crippen LogP contribution in [-0.2, 0) is 0 Å². The molecular weight excluding hydrogens is 224 g/mol. The molecule has 2 N–H and O–H groups in total. The summed E-state index contributed by atoms with van der Waals surface area (Å²) >= 11 is 0. The molecule has 0 amide bonds. The molecule has 0 bridgehead atoms. The summed E-state index contributed by atoms with van der Waals surface area (Å²) in [6.07, 6.45) is 2.37. The molecule has 2 rings (SSSR count). The van der Waals surface area contributed by atoms with Gasteiger partial charge in [0.1, 0.15) is 5.56 Å². The molecule has 1 aromatic rings. The smallest absolute Gasteiger partial charge is 0.342 e. The predicted molar refractivity (Wildman–Crippen MR) is 61.3 cm³/mol. The van der Waals surface area contributed by atoms with Gasteiger partial charge in [0.2, 0.25) is 0 Å². The minimum Gasteiger partial charge on any atom is -0.477 e. The van der Waals surface area contributed by atoms with E-state index in [0.29, 0.717) is 11.6 Å². The largest absolute Gasteiger partial charge is 0.477 e. The van der Waals surface area contributed by atoms with Gasteiger partial charge in [-0.1, -0.05) is 0 Å². The zero-order chi connectivity index (χ0) is 12.4. The second-order valence-corrected chi connectivity index (χ2v) is 4.12. The summed E-state index contributed by atoms with van der Waals surface area (Å²) in [6, 6.07) is 4.06. The molecule has 6 nitrogen and oxygen atoms in total. The summed E-state index contributed by atoms with van der Waals surface area (Å²) in [6.45, 7) is 0.789. The fourth-order valence-corrected chi connectivity index (χ4v) is 1.56. The van der Waals surface area contributed by atoms with Crippen LogP contribution in [0.1, 0.15) is 23.2 Å². The third-order valence-electron chi connectivity index (χ3n) is 2.72. The van der Waals surface area contributed by atoms with Crippen molar-refractivity contribution >= 4 is 17.3 Å². The quantitative estimate of drug-likeness (QED) is 0.603. The highest BCUT2D eigenvalue weighted by Gasteiger charge is 2.22. The maximum atomic E-state index is 10.9. The van der Waals surface area contributed by atoms with Gasteiger partial charge in [0, 0.05) is 18.3 Å². The Morgan fingerprint density at radius 1 is 1.53 bits per heavy atom. The Labute approximate surface area is 97.4 Å². The van der Waals surface area contributed by atoms with Crippen molar-refractivity contribution in [2.45, 2.75) is 12.8 Å². The van der Waals surface area contributed by atoms with Crippen molar-refractivity contribution in [2.75, 3.05) is 11.9 Å². The van der Waals surface area contributed by atoms with Gasteiger partial charge in [-0.15, -0.1) is 0 Å². The molecule has 0 atom stereocenters. The van der Waals surface area contributed by atoms with Crippen LogP contribution < -0.4 is 5.32 Å². The van der Waals surface area contributed by atoms with Crippen molar-refractivity contribution in [3.63, 3.8) is 0 Å². The highest BCUT2D eigenvalue weighted by molar-refractivity contribution is 5.93. The van der Waals surface area contributed by atoms with Gasteiger partial charge in [-0.05, 0) is 30.9 Å². The summed E-state index contributed by atoms with van der Waals surface area (Å²) in [5.41, 5.74) is -0.0508. The molecule has 1 fully saturated rings. The van der Waals surface area contributed by atoms with E-state index in [1.807, 2.05) is 0 Å². The van der Waals surface area contributed by atoms with Crippen LogP contribution in [0.25, 0.3) is 0 Å². The van der Waals surface area contributed by atoms with E-state index in [9.17, 15) is 14.9 Å². The number of hydrogen-bond acceptors (Lipinski definition) is 4. The number of carboxylic acid groups (broad SMARTS) is 1. The molecule has 90 valence electrons. The first-order valence-electron chi connectivity index (χ1n) is 5.33. The van der Waals surface area contributed by atoms with E-state index >= 15 is 0 Å².